The molecule has 2 saturated heterocycles. The molecule has 2 aliphatic heterocycles. The minimum absolute atomic E-state index is 0.00891. The summed E-state index contributed by atoms with van der Waals surface area (Å²) in [4.78, 5) is 4.32. The van der Waals surface area contributed by atoms with Gasteiger partial charge in [0.1, 0.15) is 16.4 Å². The predicted molar refractivity (Wildman–Crippen MR) is 145 cm³/mol. The first-order chi connectivity index (χ1) is 17.8. The Morgan fingerprint density at radius 1 is 1.05 bits per heavy atom. The molecule has 2 aromatic carbocycles. The number of rotatable bonds is 7. The molecule has 1 N–H and O–H groups in total. The third kappa shape index (κ3) is 6.97. The predicted octanol–water partition coefficient (Wildman–Crippen LogP) is 2.48. The van der Waals surface area contributed by atoms with Gasteiger partial charge in [-0.1, -0.05) is 6.07 Å². The summed E-state index contributed by atoms with van der Waals surface area (Å²) in [5, 5.41) is 13.3. The number of thiocarbonyl (C=S) groups is 1. The van der Waals surface area contributed by atoms with Crippen LogP contribution in [0.4, 0.5) is 0 Å². The summed E-state index contributed by atoms with van der Waals surface area (Å²) in [6, 6.07) is 12.3. The van der Waals surface area contributed by atoms with Crippen molar-refractivity contribution in [3.63, 3.8) is 0 Å². The van der Waals surface area contributed by atoms with E-state index in [9.17, 15) is 13.7 Å². The standard InChI is InChI=1S/C26H33N5O4S2/c1-20-15-21(2)17-23(16-20)35-24-4-3-22(19-27)18-25(24)37(32,33)31-9-7-30(8-10-31)26(36)28-5-6-29-11-13-34-14-12-29/h3-4,15-18H,5-14H2,1-2H3,(H,28,36). The molecule has 0 bridgehead atoms. The van der Waals surface area contributed by atoms with Crippen molar-refractivity contribution in [3.05, 3.63) is 53.1 Å². The number of aryl methyl sites for hydroxylation is 2. The summed E-state index contributed by atoms with van der Waals surface area (Å²) in [5.41, 5.74) is 2.29. The van der Waals surface area contributed by atoms with Gasteiger partial charge >= 0.3 is 0 Å². The van der Waals surface area contributed by atoms with Gasteiger partial charge in [0.15, 0.2) is 5.11 Å². The van der Waals surface area contributed by atoms with Gasteiger partial charge in [-0.05, 0) is 67.5 Å². The Labute approximate surface area is 224 Å². The van der Waals surface area contributed by atoms with E-state index < -0.39 is 10.0 Å². The SMILES string of the molecule is Cc1cc(C)cc(Oc2ccc(C#N)cc2S(=O)(=O)N2CCN(C(=S)NCCN3CCOCC3)CC2)c1. The molecule has 2 fully saturated rings. The van der Waals surface area contributed by atoms with E-state index in [1.807, 2.05) is 43.0 Å². The maximum atomic E-state index is 13.7. The fraction of sp³-hybridized carbons (Fsp3) is 0.462. The van der Waals surface area contributed by atoms with Crippen LogP contribution >= 0.6 is 12.2 Å². The molecule has 0 aliphatic carbocycles. The highest BCUT2D eigenvalue weighted by Crippen LogP contribution is 2.33. The van der Waals surface area contributed by atoms with Gasteiger partial charge in [0.2, 0.25) is 10.0 Å². The van der Waals surface area contributed by atoms with E-state index >= 15 is 0 Å². The van der Waals surface area contributed by atoms with Crippen LogP contribution in [0.5, 0.6) is 11.5 Å². The van der Waals surface area contributed by atoms with Crippen molar-refractivity contribution < 1.29 is 17.9 Å². The summed E-state index contributed by atoms with van der Waals surface area (Å²) in [7, 11) is -3.90. The summed E-state index contributed by atoms with van der Waals surface area (Å²) in [6.45, 7) is 10.4. The lowest BCUT2D eigenvalue weighted by Gasteiger charge is -2.36. The van der Waals surface area contributed by atoms with Gasteiger partial charge in [-0.3, -0.25) is 4.90 Å². The van der Waals surface area contributed by atoms with E-state index in [1.54, 1.807) is 12.1 Å². The number of hydrogen-bond donors (Lipinski definition) is 1. The average molecular weight is 544 g/mol. The van der Waals surface area contributed by atoms with Crippen LogP contribution in [-0.4, -0.2) is 93.2 Å². The molecule has 0 unspecified atom stereocenters. The van der Waals surface area contributed by atoms with Crippen LogP contribution in [0.15, 0.2) is 41.3 Å². The van der Waals surface area contributed by atoms with Gasteiger partial charge in [0, 0.05) is 52.4 Å². The Bertz CT molecular complexity index is 1240. The fourth-order valence-electron chi connectivity index (χ4n) is 4.51. The summed E-state index contributed by atoms with van der Waals surface area (Å²) >= 11 is 5.56. The quantitative estimate of drug-likeness (QED) is 0.528. The monoisotopic (exact) mass is 543 g/mol. The molecule has 11 heteroatoms. The number of ether oxygens (including phenoxy) is 2. The number of nitrogens with zero attached hydrogens (tertiary/aromatic N) is 4. The maximum absolute atomic E-state index is 13.7. The molecule has 4 rings (SSSR count). The first-order valence-electron chi connectivity index (χ1n) is 12.4. The number of nitrogens with one attached hydrogen (secondary N) is 1. The molecule has 198 valence electrons. The highest BCUT2D eigenvalue weighted by molar-refractivity contribution is 7.89. The normalized spacial score (nSPS) is 17.3. The van der Waals surface area contributed by atoms with Crippen molar-refractivity contribution in [2.24, 2.45) is 0 Å². The first kappa shape index (κ1) is 27.3. The summed E-state index contributed by atoms with van der Waals surface area (Å²) in [6.07, 6.45) is 0. The van der Waals surface area contributed by atoms with Crippen LogP contribution in [0.1, 0.15) is 16.7 Å². The van der Waals surface area contributed by atoms with E-state index in [2.05, 4.69) is 10.2 Å². The smallest absolute Gasteiger partial charge is 0.246 e. The number of hydrogen-bond acceptors (Lipinski definition) is 7. The van der Waals surface area contributed by atoms with Crippen molar-refractivity contribution in [1.29, 1.82) is 5.26 Å². The molecule has 2 aliphatic rings. The Hall–Kier alpha value is -2.75. The van der Waals surface area contributed by atoms with Crippen LogP contribution in [0.25, 0.3) is 0 Å². The van der Waals surface area contributed by atoms with Crippen molar-refractivity contribution >= 4 is 27.4 Å². The zero-order chi connectivity index (χ0) is 26.4. The number of benzene rings is 2. The molecule has 0 saturated carbocycles. The van der Waals surface area contributed by atoms with Crippen LogP contribution in [-0.2, 0) is 14.8 Å². The zero-order valence-corrected chi connectivity index (χ0v) is 22.9. The van der Waals surface area contributed by atoms with E-state index in [-0.39, 0.29) is 29.3 Å². The van der Waals surface area contributed by atoms with Crippen LogP contribution in [0.2, 0.25) is 0 Å². The summed E-state index contributed by atoms with van der Waals surface area (Å²) < 4.78 is 40.2. The van der Waals surface area contributed by atoms with Crippen molar-refractivity contribution in [2.45, 2.75) is 18.7 Å². The average Bonchev–Trinajstić information content (AvgIpc) is 2.89. The maximum Gasteiger partial charge on any atom is 0.246 e. The summed E-state index contributed by atoms with van der Waals surface area (Å²) in [5.74, 6) is 0.753. The molecular weight excluding hydrogens is 510 g/mol. The number of morpholine rings is 1. The van der Waals surface area contributed by atoms with E-state index in [0.29, 0.717) is 24.0 Å². The lowest BCUT2D eigenvalue weighted by atomic mass is 10.1. The van der Waals surface area contributed by atoms with Gasteiger partial charge in [0.25, 0.3) is 0 Å². The van der Waals surface area contributed by atoms with Gasteiger partial charge in [-0.15, -0.1) is 0 Å². The van der Waals surface area contributed by atoms with E-state index in [1.165, 1.54) is 10.4 Å². The van der Waals surface area contributed by atoms with E-state index in [0.717, 1.165) is 50.5 Å². The molecule has 37 heavy (non-hydrogen) atoms. The lowest BCUT2D eigenvalue weighted by molar-refractivity contribution is 0.0388. The number of nitriles is 1. The molecule has 0 spiro atoms. The van der Waals surface area contributed by atoms with Gasteiger partial charge in [0.05, 0.1) is 24.8 Å². The van der Waals surface area contributed by atoms with E-state index in [4.69, 9.17) is 21.7 Å². The van der Waals surface area contributed by atoms with Crippen LogP contribution in [0, 0.1) is 25.2 Å². The van der Waals surface area contributed by atoms with Gasteiger partial charge in [-0.2, -0.15) is 9.57 Å². The highest BCUT2D eigenvalue weighted by atomic mass is 32.2. The molecule has 0 aromatic heterocycles. The fourth-order valence-corrected chi connectivity index (χ4v) is 6.36. The lowest BCUT2D eigenvalue weighted by Crippen LogP contribution is -2.53. The molecule has 0 atom stereocenters. The Kier molecular flexibility index (Phi) is 9.00. The van der Waals surface area contributed by atoms with Crippen LogP contribution in [0.3, 0.4) is 0 Å². The number of sulfonamides is 1. The second-order valence-corrected chi connectivity index (χ2v) is 11.6. The second-order valence-electron chi connectivity index (χ2n) is 9.28. The van der Waals surface area contributed by atoms with Crippen LogP contribution < -0.4 is 10.1 Å². The minimum Gasteiger partial charge on any atom is -0.456 e. The molecular formula is C26H33N5O4S2. The van der Waals surface area contributed by atoms with Gasteiger partial charge < -0.3 is 19.7 Å². The minimum atomic E-state index is -3.90. The Morgan fingerprint density at radius 3 is 2.38 bits per heavy atom. The topological polar surface area (TPSA) is 98.1 Å². The van der Waals surface area contributed by atoms with Crippen molar-refractivity contribution in [2.75, 3.05) is 65.6 Å². The largest absolute Gasteiger partial charge is 0.456 e. The Balaban J connectivity index is 1.41. The molecule has 0 radical (unpaired) electrons. The molecule has 9 nitrogen and oxygen atoms in total. The third-order valence-corrected chi connectivity index (χ3v) is 8.77. The second kappa shape index (κ2) is 12.2. The molecule has 0 amide bonds. The highest BCUT2D eigenvalue weighted by Gasteiger charge is 2.32. The third-order valence-electron chi connectivity index (χ3n) is 6.45. The zero-order valence-electron chi connectivity index (χ0n) is 21.3. The van der Waals surface area contributed by atoms with Gasteiger partial charge in [-0.25, -0.2) is 8.42 Å². The van der Waals surface area contributed by atoms with Crippen molar-refractivity contribution in [3.8, 4) is 17.6 Å². The molecule has 2 heterocycles. The molecule has 2 aromatic rings. The number of piperazine rings is 1. The Morgan fingerprint density at radius 2 is 1.73 bits per heavy atom. The first-order valence-corrected chi connectivity index (χ1v) is 14.2. The van der Waals surface area contributed by atoms with Crippen molar-refractivity contribution in [1.82, 2.24) is 19.4 Å².